The van der Waals surface area contributed by atoms with Crippen molar-refractivity contribution in [3.05, 3.63) is 66.4 Å². The summed E-state index contributed by atoms with van der Waals surface area (Å²) in [7, 11) is 0. The molecule has 27 heavy (non-hydrogen) atoms. The molecule has 0 spiro atoms. The Kier molecular flexibility index (Phi) is 5.99. The van der Waals surface area contributed by atoms with Gasteiger partial charge in [0, 0.05) is 17.1 Å². The molecule has 0 bridgehead atoms. The number of pyridine rings is 1. The molecule has 3 aromatic rings. The van der Waals surface area contributed by atoms with Gasteiger partial charge in [0.15, 0.2) is 6.61 Å². The van der Waals surface area contributed by atoms with Gasteiger partial charge in [0.2, 0.25) is 0 Å². The molecule has 6 heteroatoms. The van der Waals surface area contributed by atoms with E-state index in [2.05, 4.69) is 15.5 Å². The lowest BCUT2D eigenvalue weighted by Gasteiger charge is -2.11. The van der Waals surface area contributed by atoms with E-state index in [9.17, 15) is 4.79 Å². The van der Waals surface area contributed by atoms with Gasteiger partial charge >= 0.3 is 0 Å². The van der Waals surface area contributed by atoms with E-state index < -0.39 is 0 Å². The summed E-state index contributed by atoms with van der Waals surface area (Å²) >= 11 is 0. The molecule has 3 rings (SSSR count). The predicted octanol–water partition coefficient (Wildman–Crippen LogP) is 3.55. The van der Waals surface area contributed by atoms with E-state index in [0.29, 0.717) is 11.5 Å². The first-order valence-electron chi connectivity index (χ1n) is 8.67. The van der Waals surface area contributed by atoms with Gasteiger partial charge in [0.05, 0.1) is 12.3 Å². The zero-order valence-corrected chi connectivity index (χ0v) is 15.3. The highest BCUT2D eigenvalue weighted by Gasteiger charge is 2.06. The van der Waals surface area contributed by atoms with Crippen LogP contribution >= 0.6 is 0 Å². The van der Waals surface area contributed by atoms with Crippen molar-refractivity contribution in [2.45, 2.75) is 20.0 Å². The third-order valence-corrected chi connectivity index (χ3v) is 3.63. The Bertz CT molecular complexity index is 949. The number of aromatic nitrogens is 1. The number of hydrogen-bond acceptors (Lipinski definition) is 5. The molecule has 1 aromatic heterocycles. The summed E-state index contributed by atoms with van der Waals surface area (Å²) in [5, 5.41) is 4.94. The largest absolute Gasteiger partial charge is 0.490 e. The number of hydrazone groups is 1. The van der Waals surface area contributed by atoms with Gasteiger partial charge in [-0.2, -0.15) is 5.10 Å². The van der Waals surface area contributed by atoms with Crippen molar-refractivity contribution in [1.29, 1.82) is 0 Å². The maximum Gasteiger partial charge on any atom is 0.277 e. The first kappa shape index (κ1) is 18.4. The Morgan fingerprint density at radius 3 is 2.74 bits per heavy atom. The Labute approximate surface area is 157 Å². The van der Waals surface area contributed by atoms with Crippen molar-refractivity contribution in [2.75, 3.05) is 6.61 Å². The number of fused-ring (bicyclic) bond motifs is 1. The Balaban J connectivity index is 1.58. The molecule has 0 fully saturated rings. The second kappa shape index (κ2) is 8.80. The molecule has 0 atom stereocenters. The van der Waals surface area contributed by atoms with Crippen LogP contribution in [0.1, 0.15) is 19.4 Å². The number of hydrogen-bond donors (Lipinski definition) is 1. The van der Waals surface area contributed by atoms with Crippen LogP contribution in [-0.2, 0) is 4.79 Å². The summed E-state index contributed by atoms with van der Waals surface area (Å²) in [5.74, 6) is 0.910. The third kappa shape index (κ3) is 5.04. The van der Waals surface area contributed by atoms with E-state index in [-0.39, 0.29) is 18.6 Å². The van der Waals surface area contributed by atoms with E-state index in [4.69, 9.17) is 9.47 Å². The van der Waals surface area contributed by atoms with Crippen LogP contribution in [0.4, 0.5) is 0 Å². The normalized spacial score (nSPS) is 11.1. The van der Waals surface area contributed by atoms with Crippen molar-refractivity contribution in [2.24, 2.45) is 5.10 Å². The van der Waals surface area contributed by atoms with Gasteiger partial charge in [-0.15, -0.1) is 0 Å². The van der Waals surface area contributed by atoms with Crippen LogP contribution in [0.5, 0.6) is 11.5 Å². The van der Waals surface area contributed by atoms with Gasteiger partial charge in [-0.25, -0.2) is 5.43 Å². The highest BCUT2D eigenvalue weighted by molar-refractivity contribution is 5.86. The number of para-hydroxylation sites is 2. The number of carbonyl (C=O) groups is 1. The molecule has 0 saturated heterocycles. The monoisotopic (exact) mass is 363 g/mol. The molecule has 0 aliphatic rings. The fourth-order valence-electron chi connectivity index (χ4n) is 2.49. The van der Waals surface area contributed by atoms with Crippen LogP contribution in [-0.4, -0.2) is 29.8 Å². The van der Waals surface area contributed by atoms with Crippen LogP contribution < -0.4 is 14.9 Å². The maximum atomic E-state index is 12.0. The van der Waals surface area contributed by atoms with E-state index in [1.807, 2.05) is 62.4 Å². The van der Waals surface area contributed by atoms with Crippen molar-refractivity contribution in [1.82, 2.24) is 10.4 Å². The highest BCUT2D eigenvalue weighted by Crippen LogP contribution is 2.22. The zero-order valence-electron chi connectivity index (χ0n) is 15.3. The second-order valence-corrected chi connectivity index (χ2v) is 6.12. The lowest BCUT2D eigenvalue weighted by molar-refractivity contribution is -0.123. The van der Waals surface area contributed by atoms with Crippen LogP contribution in [0, 0.1) is 0 Å². The number of ether oxygens (including phenoxy) is 2. The topological polar surface area (TPSA) is 72.8 Å². The van der Waals surface area contributed by atoms with Gasteiger partial charge in [0.25, 0.3) is 5.91 Å². The van der Waals surface area contributed by atoms with E-state index in [1.54, 1.807) is 18.5 Å². The molecule has 0 aliphatic carbocycles. The molecule has 0 radical (unpaired) electrons. The fraction of sp³-hybridized carbons (Fsp3) is 0.190. The first-order chi connectivity index (χ1) is 13.1. The van der Waals surface area contributed by atoms with Crippen molar-refractivity contribution in [3.63, 3.8) is 0 Å². The summed E-state index contributed by atoms with van der Waals surface area (Å²) < 4.78 is 11.3. The smallest absolute Gasteiger partial charge is 0.277 e. The van der Waals surface area contributed by atoms with Gasteiger partial charge in [0.1, 0.15) is 17.0 Å². The summed E-state index contributed by atoms with van der Waals surface area (Å²) in [6.45, 7) is 3.75. The zero-order chi connectivity index (χ0) is 19.1. The molecular formula is C21H21N3O3. The molecule has 1 N–H and O–H groups in total. The third-order valence-electron chi connectivity index (χ3n) is 3.63. The number of benzene rings is 2. The van der Waals surface area contributed by atoms with E-state index in [0.717, 1.165) is 16.5 Å². The number of nitrogens with zero attached hydrogens (tertiary/aromatic N) is 2. The number of nitrogens with one attached hydrogen (secondary N) is 1. The average molecular weight is 363 g/mol. The fourth-order valence-corrected chi connectivity index (χ4v) is 2.49. The lowest BCUT2D eigenvalue weighted by Crippen LogP contribution is -2.24. The number of amides is 1. The van der Waals surface area contributed by atoms with Crippen LogP contribution in [0.2, 0.25) is 0 Å². The summed E-state index contributed by atoms with van der Waals surface area (Å²) in [6.07, 6.45) is 3.29. The number of carbonyl (C=O) groups excluding carboxylic acids is 1. The molecule has 0 unspecified atom stereocenters. The van der Waals surface area contributed by atoms with Crippen molar-refractivity contribution < 1.29 is 14.3 Å². The Morgan fingerprint density at radius 2 is 1.89 bits per heavy atom. The molecule has 0 saturated carbocycles. The maximum absolute atomic E-state index is 12.0. The molecule has 1 heterocycles. The van der Waals surface area contributed by atoms with Gasteiger partial charge in [-0.1, -0.05) is 30.3 Å². The summed E-state index contributed by atoms with van der Waals surface area (Å²) in [4.78, 5) is 16.3. The van der Waals surface area contributed by atoms with Crippen LogP contribution in [0.3, 0.4) is 0 Å². The molecule has 1 amide bonds. The van der Waals surface area contributed by atoms with Gasteiger partial charge in [-0.05, 0) is 38.1 Å². The Hall–Kier alpha value is -3.41. The van der Waals surface area contributed by atoms with E-state index >= 15 is 0 Å². The van der Waals surface area contributed by atoms with Crippen molar-refractivity contribution >= 4 is 23.0 Å². The minimum atomic E-state index is -0.360. The van der Waals surface area contributed by atoms with Gasteiger partial charge < -0.3 is 9.47 Å². The van der Waals surface area contributed by atoms with Crippen LogP contribution in [0.15, 0.2) is 65.9 Å². The van der Waals surface area contributed by atoms with Gasteiger partial charge in [-0.3, -0.25) is 9.78 Å². The quantitative estimate of drug-likeness (QED) is 0.515. The lowest BCUT2D eigenvalue weighted by atomic mass is 10.2. The number of rotatable bonds is 7. The van der Waals surface area contributed by atoms with Crippen LogP contribution in [0.25, 0.3) is 10.9 Å². The highest BCUT2D eigenvalue weighted by atomic mass is 16.5. The van der Waals surface area contributed by atoms with E-state index in [1.165, 1.54) is 0 Å². The molecular weight excluding hydrogens is 342 g/mol. The second-order valence-electron chi connectivity index (χ2n) is 6.12. The summed E-state index contributed by atoms with van der Waals surface area (Å²) in [5.41, 5.74) is 3.96. The predicted molar refractivity (Wildman–Crippen MR) is 105 cm³/mol. The Morgan fingerprint density at radius 1 is 1.11 bits per heavy atom. The molecule has 2 aromatic carbocycles. The molecule has 6 nitrogen and oxygen atoms in total. The average Bonchev–Trinajstić information content (AvgIpc) is 2.67. The minimum absolute atomic E-state index is 0.0526. The SMILES string of the molecule is CC(C)Oc1ccccc1/C=N/NC(=O)COc1cccc2cccnc12. The minimum Gasteiger partial charge on any atom is -0.490 e. The standard InChI is InChI=1S/C21H21N3O3/c1-15(2)27-18-10-4-3-7-17(18)13-23-24-20(25)14-26-19-11-5-8-16-9-6-12-22-21(16)19/h3-13,15H,14H2,1-2H3,(H,24,25)/b23-13+. The van der Waals surface area contributed by atoms with Crippen molar-refractivity contribution in [3.8, 4) is 11.5 Å². The molecule has 138 valence electrons. The first-order valence-corrected chi connectivity index (χ1v) is 8.67. The summed E-state index contributed by atoms with van der Waals surface area (Å²) in [6, 6.07) is 16.9. The molecule has 0 aliphatic heterocycles.